The van der Waals surface area contributed by atoms with Gasteiger partial charge < -0.3 is 13.9 Å². The minimum absolute atomic E-state index is 0.0505. The number of nitrogens with zero attached hydrogens (tertiary/aromatic N) is 2. The van der Waals surface area contributed by atoms with Crippen molar-refractivity contribution in [1.82, 2.24) is 9.38 Å². The Kier molecular flexibility index (Phi) is 4.64. The normalized spacial score (nSPS) is 11.6. The Hall–Kier alpha value is -2.10. The molecule has 23 heavy (non-hydrogen) atoms. The Morgan fingerprint density at radius 1 is 1.30 bits per heavy atom. The number of fused-ring (bicyclic) bond motifs is 1. The summed E-state index contributed by atoms with van der Waals surface area (Å²) in [5, 5.41) is 0. The fourth-order valence-electron chi connectivity index (χ4n) is 2.00. The molecule has 0 saturated heterocycles. The fourth-order valence-corrected chi connectivity index (χ4v) is 2.44. The van der Waals surface area contributed by atoms with E-state index in [4.69, 9.17) is 0 Å². The summed E-state index contributed by atoms with van der Waals surface area (Å²) in [6.07, 6.45) is -3.84. The van der Waals surface area contributed by atoms with Crippen molar-refractivity contribution in [3.8, 4) is 0 Å². The number of rotatable bonds is 3. The topological polar surface area (TPSA) is 69.9 Å². The Labute approximate surface area is 136 Å². The maximum absolute atomic E-state index is 13.2. The van der Waals surface area contributed by atoms with Gasteiger partial charge >= 0.3 is 18.1 Å². The van der Waals surface area contributed by atoms with Gasteiger partial charge in [-0.15, -0.1) is 0 Å². The van der Waals surface area contributed by atoms with Gasteiger partial charge in [0.05, 0.1) is 31.9 Å². The molecular formula is C13H10BrF3N2O4. The maximum Gasteiger partial charge on any atom is 0.420 e. The quantitative estimate of drug-likeness (QED) is 0.748. The molecule has 0 amide bonds. The molecule has 2 aromatic rings. The Bertz CT molecular complexity index is 786. The second kappa shape index (κ2) is 6.19. The number of alkyl halides is 3. The highest BCUT2D eigenvalue weighted by atomic mass is 79.9. The molecule has 0 saturated carbocycles. The molecule has 6 nitrogen and oxygen atoms in total. The van der Waals surface area contributed by atoms with Crippen LogP contribution in [0.2, 0.25) is 0 Å². The van der Waals surface area contributed by atoms with Gasteiger partial charge in [0.15, 0.2) is 5.69 Å². The van der Waals surface area contributed by atoms with Crippen molar-refractivity contribution >= 4 is 33.5 Å². The number of aromatic nitrogens is 2. The number of halogens is 4. The van der Waals surface area contributed by atoms with Crippen LogP contribution in [-0.4, -0.2) is 35.5 Å². The predicted molar refractivity (Wildman–Crippen MR) is 75.0 cm³/mol. The van der Waals surface area contributed by atoms with Crippen LogP contribution in [0.3, 0.4) is 0 Å². The third kappa shape index (κ3) is 3.31. The van der Waals surface area contributed by atoms with Crippen LogP contribution >= 0.6 is 15.9 Å². The number of hydrogen-bond acceptors (Lipinski definition) is 5. The van der Waals surface area contributed by atoms with Gasteiger partial charge in [-0.2, -0.15) is 13.2 Å². The lowest BCUT2D eigenvalue weighted by Gasteiger charge is -2.09. The number of hydrogen-bond donors (Lipinski definition) is 0. The molecule has 0 atom stereocenters. The van der Waals surface area contributed by atoms with Crippen molar-refractivity contribution in [2.45, 2.75) is 12.6 Å². The van der Waals surface area contributed by atoms with E-state index in [0.717, 1.165) is 24.7 Å². The molecule has 2 aromatic heterocycles. The lowest BCUT2D eigenvalue weighted by Crippen LogP contribution is -2.13. The molecule has 0 aromatic carbocycles. The van der Waals surface area contributed by atoms with Gasteiger partial charge in [0, 0.05) is 10.7 Å². The molecule has 0 aliphatic carbocycles. The van der Waals surface area contributed by atoms with Crippen LogP contribution in [-0.2, 0) is 26.9 Å². The van der Waals surface area contributed by atoms with Crippen molar-refractivity contribution in [3.05, 3.63) is 33.7 Å². The molecule has 2 rings (SSSR count). The third-order valence-corrected chi connectivity index (χ3v) is 3.44. The number of carbonyl (C=O) groups is 2. The highest BCUT2D eigenvalue weighted by Crippen LogP contribution is 2.35. The number of ether oxygens (including phenoxy) is 2. The monoisotopic (exact) mass is 394 g/mol. The molecule has 0 radical (unpaired) electrons. The Balaban J connectivity index is 2.81. The molecule has 10 heteroatoms. The first kappa shape index (κ1) is 17.3. The molecule has 0 aliphatic rings. The van der Waals surface area contributed by atoms with E-state index >= 15 is 0 Å². The van der Waals surface area contributed by atoms with E-state index < -0.39 is 35.7 Å². The first-order valence-electron chi connectivity index (χ1n) is 6.11. The van der Waals surface area contributed by atoms with E-state index in [1.54, 1.807) is 0 Å². The SMILES string of the molecule is COC(=O)Cc1c(C(=O)OC)nc2c(C(F)(F)F)cc(Br)cn12. The smallest absolute Gasteiger partial charge is 0.420 e. The van der Waals surface area contributed by atoms with Crippen LogP contribution < -0.4 is 0 Å². The van der Waals surface area contributed by atoms with Crippen molar-refractivity contribution in [2.75, 3.05) is 14.2 Å². The molecule has 124 valence electrons. The van der Waals surface area contributed by atoms with Crippen molar-refractivity contribution in [3.63, 3.8) is 0 Å². The Morgan fingerprint density at radius 3 is 2.48 bits per heavy atom. The van der Waals surface area contributed by atoms with E-state index in [9.17, 15) is 22.8 Å². The van der Waals surface area contributed by atoms with Crippen LogP contribution in [0.5, 0.6) is 0 Å². The fraction of sp³-hybridized carbons (Fsp3) is 0.308. The summed E-state index contributed by atoms with van der Waals surface area (Å²) < 4.78 is 49.7. The first-order chi connectivity index (χ1) is 10.7. The minimum Gasteiger partial charge on any atom is -0.469 e. The van der Waals surface area contributed by atoms with E-state index in [0.29, 0.717) is 0 Å². The standard InChI is InChI=1S/C13H10BrF3N2O4/c1-22-9(20)4-8-10(12(21)23-2)18-11-7(13(15,16)17)3-6(14)5-19(8)11/h3,5H,4H2,1-2H3. The molecule has 2 heterocycles. The summed E-state index contributed by atoms with van der Waals surface area (Å²) in [5.74, 6) is -1.68. The second-order valence-electron chi connectivity index (χ2n) is 4.41. The van der Waals surface area contributed by atoms with Gasteiger partial charge in [0.2, 0.25) is 0 Å². The number of esters is 2. The van der Waals surface area contributed by atoms with Gasteiger partial charge in [-0.3, -0.25) is 4.79 Å². The molecule has 0 fully saturated rings. The predicted octanol–water partition coefficient (Wildman–Crippen LogP) is 2.62. The highest BCUT2D eigenvalue weighted by Gasteiger charge is 2.36. The summed E-state index contributed by atoms with van der Waals surface area (Å²) in [7, 11) is 2.19. The summed E-state index contributed by atoms with van der Waals surface area (Å²) in [6, 6.07) is 0.839. The maximum atomic E-state index is 13.2. The van der Waals surface area contributed by atoms with Crippen molar-refractivity contribution < 1.29 is 32.2 Å². The lowest BCUT2D eigenvalue weighted by molar-refractivity contribution is -0.140. The van der Waals surface area contributed by atoms with Crippen molar-refractivity contribution in [1.29, 1.82) is 0 Å². The van der Waals surface area contributed by atoms with E-state index in [1.807, 2.05) is 0 Å². The van der Waals surface area contributed by atoms with E-state index in [2.05, 4.69) is 30.4 Å². The summed E-state index contributed by atoms with van der Waals surface area (Å²) >= 11 is 2.98. The van der Waals surface area contributed by atoms with E-state index in [-0.39, 0.29) is 15.9 Å². The first-order valence-corrected chi connectivity index (χ1v) is 6.91. The minimum atomic E-state index is -4.69. The van der Waals surface area contributed by atoms with Gasteiger partial charge in [0.1, 0.15) is 5.65 Å². The van der Waals surface area contributed by atoms with Gasteiger partial charge in [-0.05, 0) is 22.0 Å². The van der Waals surface area contributed by atoms with Crippen LogP contribution in [0.4, 0.5) is 13.2 Å². The molecule has 0 spiro atoms. The highest BCUT2D eigenvalue weighted by molar-refractivity contribution is 9.10. The molecule has 0 bridgehead atoms. The van der Waals surface area contributed by atoms with Crippen LogP contribution in [0.25, 0.3) is 5.65 Å². The number of methoxy groups -OCH3 is 2. The Morgan fingerprint density at radius 2 is 1.96 bits per heavy atom. The molecule has 0 unspecified atom stereocenters. The second-order valence-corrected chi connectivity index (χ2v) is 5.33. The number of pyridine rings is 1. The number of imidazole rings is 1. The zero-order valence-electron chi connectivity index (χ0n) is 11.9. The average molecular weight is 395 g/mol. The van der Waals surface area contributed by atoms with Gasteiger partial charge in [0.25, 0.3) is 0 Å². The van der Waals surface area contributed by atoms with Gasteiger partial charge in [-0.1, -0.05) is 0 Å². The largest absolute Gasteiger partial charge is 0.469 e. The van der Waals surface area contributed by atoms with Gasteiger partial charge in [-0.25, -0.2) is 9.78 Å². The zero-order valence-corrected chi connectivity index (χ0v) is 13.5. The van der Waals surface area contributed by atoms with Crippen LogP contribution in [0.15, 0.2) is 16.7 Å². The van der Waals surface area contributed by atoms with E-state index in [1.165, 1.54) is 6.20 Å². The lowest BCUT2D eigenvalue weighted by atomic mass is 10.2. The summed E-state index contributed by atoms with van der Waals surface area (Å²) in [6.45, 7) is 0. The molecular weight excluding hydrogens is 385 g/mol. The van der Waals surface area contributed by atoms with Crippen LogP contribution in [0.1, 0.15) is 21.7 Å². The van der Waals surface area contributed by atoms with Crippen LogP contribution in [0, 0.1) is 0 Å². The molecule has 0 N–H and O–H groups in total. The average Bonchev–Trinajstić information content (AvgIpc) is 2.83. The number of carbonyl (C=O) groups excluding carboxylic acids is 2. The zero-order chi connectivity index (χ0) is 17.4. The third-order valence-electron chi connectivity index (χ3n) is 3.01. The van der Waals surface area contributed by atoms with Crippen molar-refractivity contribution in [2.24, 2.45) is 0 Å². The summed E-state index contributed by atoms with van der Waals surface area (Å²) in [5.41, 5.74) is -1.97. The molecule has 0 aliphatic heterocycles. The summed E-state index contributed by atoms with van der Waals surface area (Å²) in [4.78, 5) is 27.0.